The second-order valence-electron chi connectivity index (χ2n) is 5.37. The first-order valence-corrected chi connectivity index (χ1v) is 7.21. The molecular weight excluding hydrogens is 250 g/mol. The molecule has 0 bridgehead atoms. The number of likely N-dealkylation sites (N-methyl/N-ethyl adjacent to an activating group) is 1. The molecule has 1 saturated heterocycles. The molecule has 106 valence electrons. The van der Waals surface area contributed by atoms with Gasteiger partial charge in [0.2, 0.25) is 0 Å². The SMILES string of the molecule is CNC(c1ccco1)C1(c2ccccc2)CCOCC1. The summed E-state index contributed by atoms with van der Waals surface area (Å²) in [4.78, 5) is 0. The van der Waals surface area contributed by atoms with E-state index in [1.54, 1.807) is 6.26 Å². The van der Waals surface area contributed by atoms with Crippen LogP contribution in [-0.4, -0.2) is 20.3 Å². The standard InChI is InChI=1S/C17H21NO2/c1-18-16(15-8-5-11-20-15)17(9-12-19-13-10-17)14-6-3-2-4-7-14/h2-8,11,16,18H,9-10,12-13H2,1H3. The molecule has 1 fully saturated rings. The van der Waals surface area contributed by atoms with Gasteiger partial charge in [0.1, 0.15) is 5.76 Å². The number of ether oxygens (including phenoxy) is 1. The molecule has 20 heavy (non-hydrogen) atoms. The molecule has 1 aliphatic heterocycles. The highest BCUT2D eigenvalue weighted by atomic mass is 16.5. The first-order chi connectivity index (χ1) is 9.87. The third kappa shape index (κ3) is 2.28. The van der Waals surface area contributed by atoms with Crippen LogP contribution >= 0.6 is 0 Å². The van der Waals surface area contributed by atoms with Crippen LogP contribution in [0.5, 0.6) is 0 Å². The minimum absolute atomic E-state index is 0.0338. The largest absolute Gasteiger partial charge is 0.468 e. The quantitative estimate of drug-likeness (QED) is 0.926. The van der Waals surface area contributed by atoms with E-state index < -0.39 is 0 Å². The van der Waals surface area contributed by atoms with Gasteiger partial charge in [0.25, 0.3) is 0 Å². The molecule has 0 spiro atoms. The van der Waals surface area contributed by atoms with Gasteiger partial charge < -0.3 is 14.5 Å². The van der Waals surface area contributed by atoms with Crippen LogP contribution in [0.2, 0.25) is 0 Å². The zero-order valence-corrected chi connectivity index (χ0v) is 11.8. The minimum Gasteiger partial charge on any atom is -0.468 e. The van der Waals surface area contributed by atoms with Crippen molar-refractivity contribution in [1.82, 2.24) is 5.32 Å². The summed E-state index contributed by atoms with van der Waals surface area (Å²) in [5, 5.41) is 3.46. The number of nitrogens with one attached hydrogen (secondary N) is 1. The minimum atomic E-state index is 0.0338. The monoisotopic (exact) mass is 271 g/mol. The van der Waals surface area contributed by atoms with Gasteiger partial charge in [-0.25, -0.2) is 0 Å². The van der Waals surface area contributed by atoms with Gasteiger partial charge in [-0.05, 0) is 37.6 Å². The summed E-state index contributed by atoms with van der Waals surface area (Å²) in [6.45, 7) is 1.60. The average molecular weight is 271 g/mol. The summed E-state index contributed by atoms with van der Waals surface area (Å²) in [6.07, 6.45) is 3.75. The van der Waals surface area contributed by atoms with E-state index in [1.165, 1.54) is 5.56 Å². The van der Waals surface area contributed by atoms with Gasteiger partial charge in [-0.3, -0.25) is 0 Å². The summed E-state index contributed by atoms with van der Waals surface area (Å²) >= 11 is 0. The van der Waals surface area contributed by atoms with Gasteiger partial charge in [-0.2, -0.15) is 0 Å². The van der Waals surface area contributed by atoms with Gasteiger partial charge in [-0.1, -0.05) is 30.3 Å². The van der Waals surface area contributed by atoms with Crippen molar-refractivity contribution < 1.29 is 9.15 Å². The van der Waals surface area contributed by atoms with E-state index in [1.807, 2.05) is 13.1 Å². The van der Waals surface area contributed by atoms with Crippen molar-refractivity contribution in [3.63, 3.8) is 0 Å². The molecule has 1 unspecified atom stereocenters. The number of hydrogen-bond acceptors (Lipinski definition) is 3. The molecule has 3 heteroatoms. The third-order valence-electron chi connectivity index (χ3n) is 4.40. The molecule has 1 aliphatic rings. The lowest BCUT2D eigenvalue weighted by atomic mass is 9.68. The fraction of sp³-hybridized carbons (Fsp3) is 0.412. The second kappa shape index (κ2) is 5.81. The fourth-order valence-electron chi connectivity index (χ4n) is 3.40. The molecule has 0 saturated carbocycles. The summed E-state index contributed by atoms with van der Waals surface area (Å²) in [5.41, 5.74) is 1.39. The molecule has 1 atom stereocenters. The molecule has 1 aromatic carbocycles. The highest BCUT2D eigenvalue weighted by molar-refractivity contribution is 5.31. The first kappa shape index (κ1) is 13.4. The van der Waals surface area contributed by atoms with Crippen LogP contribution in [0.15, 0.2) is 53.1 Å². The number of benzene rings is 1. The molecule has 1 N–H and O–H groups in total. The Kier molecular flexibility index (Phi) is 3.90. The van der Waals surface area contributed by atoms with E-state index in [-0.39, 0.29) is 11.5 Å². The van der Waals surface area contributed by atoms with Gasteiger partial charge >= 0.3 is 0 Å². The number of furan rings is 1. The molecule has 3 rings (SSSR count). The van der Waals surface area contributed by atoms with Crippen molar-refractivity contribution >= 4 is 0 Å². The van der Waals surface area contributed by atoms with Crippen molar-refractivity contribution in [2.24, 2.45) is 0 Å². The highest BCUT2D eigenvalue weighted by Gasteiger charge is 2.43. The summed E-state index contributed by atoms with van der Waals surface area (Å²) < 4.78 is 11.3. The van der Waals surface area contributed by atoms with E-state index >= 15 is 0 Å². The van der Waals surface area contributed by atoms with Crippen LogP contribution in [0.4, 0.5) is 0 Å². The third-order valence-corrected chi connectivity index (χ3v) is 4.40. The van der Waals surface area contributed by atoms with E-state index in [4.69, 9.17) is 9.15 Å². The molecular formula is C17H21NO2. The van der Waals surface area contributed by atoms with Crippen LogP contribution < -0.4 is 5.32 Å². The zero-order chi connectivity index (χ0) is 13.8. The lowest BCUT2D eigenvalue weighted by Crippen LogP contribution is -2.44. The van der Waals surface area contributed by atoms with Crippen molar-refractivity contribution in [2.75, 3.05) is 20.3 Å². The van der Waals surface area contributed by atoms with E-state index in [9.17, 15) is 0 Å². The van der Waals surface area contributed by atoms with Gasteiger partial charge in [0.15, 0.2) is 0 Å². The average Bonchev–Trinajstić information content (AvgIpc) is 3.04. The summed E-state index contributed by atoms with van der Waals surface area (Å²) in [7, 11) is 2.01. The Labute approximate surface area is 119 Å². The Morgan fingerprint density at radius 2 is 1.80 bits per heavy atom. The van der Waals surface area contributed by atoms with Crippen LogP contribution in [0.3, 0.4) is 0 Å². The van der Waals surface area contributed by atoms with E-state index in [0.29, 0.717) is 0 Å². The summed E-state index contributed by atoms with van der Waals surface area (Å²) in [6, 6.07) is 14.9. The Morgan fingerprint density at radius 1 is 1.05 bits per heavy atom. The maximum absolute atomic E-state index is 5.68. The lowest BCUT2D eigenvalue weighted by Gasteiger charge is -2.43. The molecule has 3 nitrogen and oxygen atoms in total. The second-order valence-corrected chi connectivity index (χ2v) is 5.37. The Balaban J connectivity index is 2.05. The Hall–Kier alpha value is -1.58. The Morgan fingerprint density at radius 3 is 2.40 bits per heavy atom. The van der Waals surface area contributed by atoms with E-state index in [2.05, 4.69) is 41.7 Å². The highest BCUT2D eigenvalue weighted by Crippen LogP contribution is 2.45. The maximum Gasteiger partial charge on any atom is 0.121 e. The first-order valence-electron chi connectivity index (χ1n) is 7.21. The fourth-order valence-corrected chi connectivity index (χ4v) is 3.40. The predicted molar refractivity (Wildman–Crippen MR) is 78.7 cm³/mol. The van der Waals surface area contributed by atoms with Crippen molar-refractivity contribution in [2.45, 2.75) is 24.3 Å². The molecule has 2 heterocycles. The van der Waals surface area contributed by atoms with Crippen molar-refractivity contribution in [3.05, 3.63) is 60.1 Å². The lowest BCUT2D eigenvalue weighted by molar-refractivity contribution is 0.0319. The molecule has 0 radical (unpaired) electrons. The topological polar surface area (TPSA) is 34.4 Å². The molecule has 0 amide bonds. The maximum atomic E-state index is 5.68. The smallest absolute Gasteiger partial charge is 0.121 e. The van der Waals surface area contributed by atoms with Crippen LogP contribution in [0.25, 0.3) is 0 Å². The Bertz CT molecular complexity index is 515. The zero-order valence-electron chi connectivity index (χ0n) is 11.8. The number of hydrogen-bond donors (Lipinski definition) is 1. The van der Waals surface area contributed by atoms with Gasteiger partial charge in [-0.15, -0.1) is 0 Å². The normalized spacial score (nSPS) is 19.6. The van der Waals surface area contributed by atoms with Crippen LogP contribution in [0, 0.1) is 0 Å². The molecule has 1 aromatic heterocycles. The van der Waals surface area contributed by atoms with Crippen molar-refractivity contribution in [1.29, 1.82) is 0 Å². The van der Waals surface area contributed by atoms with Crippen LogP contribution in [-0.2, 0) is 10.2 Å². The predicted octanol–water partition coefficient (Wildman–Crippen LogP) is 3.29. The molecule has 0 aliphatic carbocycles. The number of rotatable bonds is 4. The van der Waals surface area contributed by atoms with Crippen molar-refractivity contribution in [3.8, 4) is 0 Å². The molecule has 2 aromatic rings. The van der Waals surface area contributed by atoms with Gasteiger partial charge in [0, 0.05) is 18.6 Å². The van der Waals surface area contributed by atoms with E-state index in [0.717, 1.165) is 31.8 Å². The van der Waals surface area contributed by atoms with Crippen LogP contribution in [0.1, 0.15) is 30.2 Å². The van der Waals surface area contributed by atoms with Gasteiger partial charge in [0.05, 0.1) is 12.3 Å². The summed E-state index contributed by atoms with van der Waals surface area (Å²) in [5.74, 6) is 0.998.